The third-order valence-electron chi connectivity index (χ3n) is 2.23. The third kappa shape index (κ3) is 3.28. The molecule has 3 heteroatoms. The maximum Gasteiger partial charge on any atom is 0.305 e. The molecule has 0 unspecified atom stereocenters. The van der Waals surface area contributed by atoms with Gasteiger partial charge in [-0.15, -0.1) is 0 Å². The lowest BCUT2D eigenvalue weighted by atomic mass is 9.91. The highest BCUT2D eigenvalue weighted by atomic mass is 19.3. The van der Waals surface area contributed by atoms with Crippen molar-refractivity contribution in [3.05, 3.63) is 0 Å². The van der Waals surface area contributed by atoms with Crippen molar-refractivity contribution in [3.63, 3.8) is 0 Å². The molecule has 0 heterocycles. The monoisotopic (exact) mass is 178 g/mol. The SMILES string of the molecule is CC(=O)C(F)(F)C[C@@H](C)C(C)C. The molecule has 0 aromatic rings. The number of carbonyl (C=O) groups excluding carboxylic acids is 1. The topological polar surface area (TPSA) is 17.1 Å². The summed E-state index contributed by atoms with van der Waals surface area (Å²) in [5.74, 6) is -4.10. The van der Waals surface area contributed by atoms with Gasteiger partial charge in [0.25, 0.3) is 0 Å². The van der Waals surface area contributed by atoms with Crippen LogP contribution in [0.5, 0.6) is 0 Å². The average Bonchev–Trinajstić information content (AvgIpc) is 1.85. The fourth-order valence-electron chi connectivity index (χ4n) is 0.784. The summed E-state index contributed by atoms with van der Waals surface area (Å²) in [4.78, 5) is 10.5. The van der Waals surface area contributed by atoms with Gasteiger partial charge in [-0.1, -0.05) is 20.8 Å². The van der Waals surface area contributed by atoms with Crippen LogP contribution in [0.1, 0.15) is 34.1 Å². The fraction of sp³-hybridized carbons (Fsp3) is 0.889. The Morgan fingerprint density at radius 2 is 1.75 bits per heavy atom. The number of hydrogen-bond acceptors (Lipinski definition) is 1. The van der Waals surface area contributed by atoms with Gasteiger partial charge >= 0.3 is 5.92 Å². The molecule has 1 nitrogen and oxygen atoms in total. The molecule has 12 heavy (non-hydrogen) atoms. The molecule has 0 N–H and O–H groups in total. The minimum Gasteiger partial charge on any atom is -0.293 e. The molecule has 72 valence electrons. The maximum absolute atomic E-state index is 12.8. The lowest BCUT2D eigenvalue weighted by Crippen LogP contribution is -2.29. The zero-order chi connectivity index (χ0) is 9.94. The average molecular weight is 178 g/mol. The second-order valence-electron chi connectivity index (χ2n) is 3.69. The van der Waals surface area contributed by atoms with Gasteiger partial charge in [0.05, 0.1) is 0 Å². The summed E-state index contributed by atoms with van der Waals surface area (Å²) in [5, 5.41) is 0. The number of rotatable bonds is 4. The zero-order valence-electron chi connectivity index (χ0n) is 8.03. The predicted octanol–water partition coefficient (Wildman–Crippen LogP) is 2.89. The molecule has 0 spiro atoms. The molecule has 0 aliphatic rings. The molecule has 0 fully saturated rings. The van der Waals surface area contributed by atoms with Crippen LogP contribution in [-0.2, 0) is 4.79 Å². The van der Waals surface area contributed by atoms with Crippen molar-refractivity contribution in [2.24, 2.45) is 11.8 Å². The lowest BCUT2D eigenvalue weighted by molar-refractivity contribution is -0.143. The van der Waals surface area contributed by atoms with Crippen molar-refractivity contribution in [1.82, 2.24) is 0 Å². The van der Waals surface area contributed by atoms with Crippen molar-refractivity contribution in [3.8, 4) is 0 Å². The van der Waals surface area contributed by atoms with Crippen LogP contribution in [0.3, 0.4) is 0 Å². The van der Waals surface area contributed by atoms with E-state index in [1.54, 1.807) is 6.92 Å². The van der Waals surface area contributed by atoms with E-state index in [1.165, 1.54) is 0 Å². The normalized spacial score (nSPS) is 14.9. The highest BCUT2D eigenvalue weighted by Gasteiger charge is 2.36. The van der Waals surface area contributed by atoms with Gasteiger partial charge in [-0.25, -0.2) is 0 Å². The van der Waals surface area contributed by atoms with Gasteiger partial charge in [0.15, 0.2) is 5.78 Å². The Morgan fingerprint density at radius 3 is 2.00 bits per heavy atom. The van der Waals surface area contributed by atoms with Gasteiger partial charge in [-0.2, -0.15) is 8.78 Å². The Hall–Kier alpha value is -0.470. The van der Waals surface area contributed by atoms with Crippen LogP contribution >= 0.6 is 0 Å². The predicted molar refractivity (Wildman–Crippen MR) is 44.2 cm³/mol. The summed E-state index contributed by atoms with van der Waals surface area (Å²) in [6.07, 6.45) is -0.333. The second kappa shape index (κ2) is 3.97. The fourth-order valence-corrected chi connectivity index (χ4v) is 0.784. The summed E-state index contributed by atoms with van der Waals surface area (Å²) in [6, 6.07) is 0. The molecule has 0 saturated carbocycles. The highest BCUT2D eigenvalue weighted by molar-refractivity contribution is 5.82. The van der Waals surface area contributed by atoms with Crippen molar-refractivity contribution >= 4 is 5.78 Å². The molecular weight excluding hydrogens is 162 g/mol. The second-order valence-corrected chi connectivity index (χ2v) is 3.69. The highest BCUT2D eigenvalue weighted by Crippen LogP contribution is 2.28. The molecule has 0 aromatic heterocycles. The van der Waals surface area contributed by atoms with Crippen molar-refractivity contribution < 1.29 is 13.6 Å². The minimum atomic E-state index is -3.14. The minimum absolute atomic E-state index is 0.121. The Bertz CT molecular complexity index is 164. The van der Waals surface area contributed by atoms with E-state index < -0.39 is 11.7 Å². The summed E-state index contributed by atoms with van der Waals surface area (Å²) in [7, 11) is 0. The van der Waals surface area contributed by atoms with Crippen LogP contribution in [0, 0.1) is 11.8 Å². The molecule has 0 aliphatic carbocycles. The number of carbonyl (C=O) groups is 1. The lowest BCUT2D eigenvalue weighted by Gasteiger charge is -2.20. The van der Waals surface area contributed by atoms with E-state index in [2.05, 4.69) is 0 Å². The van der Waals surface area contributed by atoms with Crippen LogP contribution in [0.2, 0.25) is 0 Å². The van der Waals surface area contributed by atoms with Crippen LogP contribution in [0.15, 0.2) is 0 Å². The van der Waals surface area contributed by atoms with Crippen LogP contribution < -0.4 is 0 Å². The van der Waals surface area contributed by atoms with Crippen LogP contribution in [0.25, 0.3) is 0 Å². The van der Waals surface area contributed by atoms with Gasteiger partial charge in [0, 0.05) is 13.3 Å². The molecule has 0 radical (unpaired) electrons. The van der Waals surface area contributed by atoms with Gasteiger partial charge in [-0.3, -0.25) is 4.79 Å². The first kappa shape index (κ1) is 11.5. The van der Waals surface area contributed by atoms with Gasteiger partial charge in [0.1, 0.15) is 0 Å². The Kier molecular flexibility index (Phi) is 3.81. The van der Waals surface area contributed by atoms with E-state index in [4.69, 9.17) is 0 Å². The van der Waals surface area contributed by atoms with Gasteiger partial charge < -0.3 is 0 Å². The summed E-state index contributed by atoms with van der Waals surface area (Å²) in [6.45, 7) is 6.43. The number of ketones is 1. The number of halogens is 2. The molecule has 0 rings (SSSR count). The molecule has 1 atom stereocenters. The molecule has 0 amide bonds. The number of alkyl halides is 2. The van der Waals surface area contributed by atoms with E-state index in [9.17, 15) is 13.6 Å². The molecule has 0 bridgehead atoms. The molecular formula is C9H16F2O. The van der Waals surface area contributed by atoms with E-state index in [-0.39, 0.29) is 18.3 Å². The van der Waals surface area contributed by atoms with E-state index in [0.717, 1.165) is 6.92 Å². The Morgan fingerprint density at radius 1 is 1.33 bits per heavy atom. The molecule has 0 aliphatic heterocycles. The van der Waals surface area contributed by atoms with Crippen LogP contribution in [0.4, 0.5) is 8.78 Å². The maximum atomic E-state index is 12.8. The zero-order valence-corrected chi connectivity index (χ0v) is 8.03. The largest absolute Gasteiger partial charge is 0.305 e. The van der Waals surface area contributed by atoms with E-state index >= 15 is 0 Å². The van der Waals surface area contributed by atoms with Crippen LogP contribution in [-0.4, -0.2) is 11.7 Å². The Labute approximate surface area is 72.2 Å². The summed E-state index contributed by atoms with van der Waals surface area (Å²) < 4.78 is 25.6. The standard InChI is InChI=1S/C9H16F2O/c1-6(2)7(3)5-9(10,11)8(4)12/h6-7H,5H2,1-4H3/t7-/m1/s1. The smallest absolute Gasteiger partial charge is 0.293 e. The first-order chi connectivity index (χ1) is 5.27. The van der Waals surface area contributed by atoms with E-state index in [0.29, 0.717) is 0 Å². The summed E-state index contributed by atoms with van der Waals surface area (Å²) in [5.41, 5.74) is 0. The first-order valence-corrected chi connectivity index (χ1v) is 4.16. The van der Waals surface area contributed by atoms with Crippen molar-refractivity contribution in [2.75, 3.05) is 0 Å². The van der Waals surface area contributed by atoms with Gasteiger partial charge in [0.2, 0.25) is 0 Å². The molecule has 0 saturated heterocycles. The van der Waals surface area contributed by atoms with Crippen molar-refractivity contribution in [1.29, 1.82) is 0 Å². The number of Topliss-reactive ketones (excluding diaryl/α,β-unsaturated/α-hetero) is 1. The Balaban J connectivity index is 4.15. The van der Waals surface area contributed by atoms with E-state index in [1.807, 2.05) is 13.8 Å². The number of hydrogen-bond donors (Lipinski definition) is 0. The quantitative estimate of drug-likeness (QED) is 0.647. The third-order valence-corrected chi connectivity index (χ3v) is 2.23. The summed E-state index contributed by atoms with van der Waals surface area (Å²) >= 11 is 0. The van der Waals surface area contributed by atoms with Gasteiger partial charge in [-0.05, 0) is 11.8 Å². The first-order valence-electron chi connectivity index (χ1n) is 4.16. The van der Waals surface area contributed by atoms with Crippen molar-refractivity contribution in [2.45, 2.75) is 40.0 Å². The molecule has 0 aromatic carbocycles.